The van der Waals surface area contributed by atoms with Crippen molar-refractivity contribution in [1.29, 1.82) is 0 Å². The maximum atomic E-state index is 11.5. The van der Waals surface area contributed by atoms with E-state index in [0.29, 0.717) is 13.2 Å². The smallest absolute Gasteiger partial charge is 0.280 e. The molecule has 1 aromatic heterocycles. The van der Waals surface area contributed by atoms with Crippen molar-refractivity contribution in [2.45, 2.75) is 6.04 Å². The fourth-order valence-corrected chi connectivity index (χ4v) is 1.77. The molecular weight excluding hydrogens is 218 g/mol. The molecule has 7 heteroatoms. The molecule has 0 aliphatic carbocycles. The Balaban J connectivity index is 2.01. The highest BCUT2D eigenvalue weighted by Crippen LogP contribution is 2.10. The Morgan fingerprint density at radius 2 is 2.33 bits per heavy atom. The minimum absolute atomic E-state index is 0.0541. The van der Waals surface area contributed by atoms with Gasteiger partial charge in [0.05, 0.1) is 19.3 Å². The van der Waals surface area contributed by atoms with Crippen LogP contribution in [0.1, 0.15) is 20.3 Å². The van der Waals surface area contributed by atoms with Crippen LogP contribution in [-0.4, -0.2) is 36.1 Å². The van der Waals surface area contributed by atoms with Gasteiger partial charge >= 0.3 is 0 Å². The van der Waals surface area contributed by atoms with Gasteiger partial charge in [0.2, 0.25) is 0 Å². The first-order valence-corrected chi connectivity index (χ1v) is 5.18. The van der Waals surface area contributed by atoms with Crippen molar-refractivity contribution >= 4 is 23.2 Å². The summed E-state index contributed by atoms with van der Waals surface area (Å²) >= 11 is 1.10. The van der Waals surface area contributed by atoms with E-state index >= 15 is 0 Å². The van der Waals surface area contributed by atoms with Gasteiger partial charge in [-0.1, -0.05) is 0 Å². The van der Waals surface area contributed by atoms with Crippen molar-refractivity contribution in [3.63, 3.8) is 0 Å². The van der Waals surface area contributed by atoms with E-state index in [1.165, 1.54) is 5.38 Å². The minimum Gasteiger partial charge on any atom is -0.377 e. The summed E-state index contributed by atoms with van der Waals surface area (Å²) in [5.74, 6) is -0.918. The van der Waals surface area contributed by atoms with Gasteiger partial charge in [-0.25, -0.2) is 4.98 Å². The molecule has 3 N–H and O–H groups in total. The molecule has 2 amide bonds. The molecule has 15 heavy (non-hydrogen) atoms. The molecular formula is C8H9N3O3S. The topological polar surface area (TPSA) is 94.3 Å². The van der Waals surface area contributed by atoms with Gasteiger partial charge in [-0.15, -0.1) is 11.3 Å². The van der Waals surface area contributed by atoms with Gasteiger partial charge in [0.1, 0.15) is 5.69 Å². The molecule has 80 valence electrons. The van der Waals surface area contributed by atoms with E-state index in [1.807, 2.05) is 0 Å². The number of nitrogens with zero attached hydrogens (tertiary/aromatic N) is 1. The van der Waals surface area contributed by atoms with Crippen molar-refractivity contribution < 1.29 is 14.3 Å². The van der Waals surface area contributed by atoms with Gasteiger partial charge in [-0.3, -0.25) is 9.59 Å². The number of hydrogen-bond donors (Lipinski definition) is 2. The Hall–Kier alpha value is -1.47. The number of nitrogens with one attached hydrogen (secondary N) is 1. The van der Waals surface area contributed by atoms with E-state index in [-0.39, 0.29) is 22.7 Å². The molecule has 0 unspecified atom stereocenters. The van der Waals surface area contributed by atoms with Crippen LogP contribution in [0, 0.1) is 0 Å². The summed E-state index contributed by atoms with van der Waals surface area (Å²) in [4.78, 5) is 26.1. The van der Waals surface area contributed by atoms with Gasteiger partial charge in [-0.05, 0) is 0 Å². The van der Waals surface area contributed by atoms with E-state index in [4.69, 9.17) is 10.5 Å². The molecule has 0 bridgehead atoms. The number of aromatic nitrogens is 1. The standard InChI is InChI=1S/C8H9N3O3S/c9-6(12)5-3-15-8(11-5)7(13)10-4-1-14-2-4/h3-4H,1-2H2,(H2,9,12)(H,10,13). The van der Waals surface area contributed by atoms with E-state index in [0.717, 1.165) is 11.3 Å². The summed E-state index contributed by atoms with van der Waals surface area (Å²) in [6.45, 7) is 1.06. The quantitative estimate of drug-likeness (QED) is 0.718. The monoisotopic (exact) mass is 227 g/mol. The van der Waals surface area contributed by atoms with E-state index < -0.39 is 5.91 Å². The average molecular weight is 227 g/mol. The predicted octanol–water partition coefficient (Wildman–Crippen LogP) is -0.629. The van der Waals surface area contributed by atoms with Crippen molar-refractivity contribution in [2.24, 2.45) is 5.73 Å². The van der Waals surface area contributed by atoms with Gasteiger partial charge in [-0.2, -0.15) is 0 Å². The lowest BCUT2D eigenvalue weighted by Gasteiger charge is -2.26. The third-order valence-electron chi connectivity index (χ3n) is 1.92. The normalized spacial score (nSPS) is 15.7. The number of nitrogens with two attached hydrogens (primary N) is 1. The fraction of sp³-hybridized carbons (Fsp3) is 0.375. The van der Waals surface area contributed by atoms with Crippen LogP contribution in [0.25, 0.3) is 0 Å². The summed E-state index contributed by atoms with van der Waals surface area (Å²) in [7, 11) is 0. The number of hydrogen-bond acceptors (Lipinski definition) is 5. The second-order valence-corrected chi connectivity index (χ2v) is 3.97. The SMILES string of the molecule is NC(=O)c1csc(C(=O)NC2COC2)n1. The summed E-state index contributed by atoms with van der Waals surface area (Å²) in [6, 6.07) is 0.0541. The number of ether oxygens (including phenoxy) is 1. The number of carbonyl (C=O) groups is 2. The van der Waals surface area contributed by atoms with Crippen LogP contribution in [0.3, 0.4) is 0 Å². The Morgan fingerprint density at radius 3 is 2.80 bits per heavy atom. The number of carbonyl (C=O) groups excluding carboxylic acids is 2. The Bertz CT molecular complexity index is 400. The molecule has 2 rings (SSSR count). The number of thiazole rings is 1. The summed E-state index contributed by atoms with van der Waals surface area (Å²) in [6.07, 6.45) is 0. The third-order valence-corrected chi connectivity index (χ3v) is 2.77. The largest absolute Gasteiger partial charge is 0.377 e. The molecule has 0 radical (unpaired) electrons. The van der Waals surface area contributed by atoms with Gasteiger partial charge < -0.3 is 15.8 Å². The lowest BCUT2D eigenvalue weighted by molar-refractivity contribution is -0.00346. The Labute approximate surface area is 89.4 Å². The van der Waals surface area contributed by atoms with Gasteiger partial charge in [0.15, 0.2) is 5.01 Å². The fourth-order valence-electron chi connectivity index (χ4n) is 1.06. The number of rotatable bonds is 3. The zero-order valence-electron chi connectivity index (χ0n) is 7.73. The first-order chi connectivity index (χ1) is 7.16. The average Bonchev–Trinajstić information content (AvgIpc) is 2.59. The van der Waals surface area contributed by atoms with Crippen LogP contribution in [0.2, 0.25) is 0 Å². The maximum Gasteiger partial charge on any atom is 0.280 e. The zero-order valence-corrected chi connectivity index (χ0v) is 8.54. The molecule has 0 saturated carbocycles. The van der Waals surface area contributed by atoms with Crippen LogP contribution in [0.5, 0.6) is 0 Å². The van der Waals surface area contributed by atoms with Crippen LogP contribution < -0.4 is 11.1 Å². The second kappa shape index (κ2) is 3.95. The molecule has 0 atom stereocenters. The zero-order chi connectivity index (χ0) is 10.8. The van der Waals surface area contributed by atoms with E-state index in [1.54, 1.807) is 0 Å². The second-order valence-electron chi connectivity index (χ2n) is 3.11. The van der Waals surface area contributed by atoms with Crippen molar-refractivity contribution in [3.8, 4) is 0 Å². The molecule has 0 aromatic carbocycles. The third kappa shape index (κ3) is 2.13. The van der Waals surface area contributed by atoms with E-state index in [9.17, 15) is 9.59 Å². The van der Waals surface area contributed by atoms with Crippen LogP contribution in [-0.2, 0) is 4.74 Å². The highest BCUT2D eigenvalue weighted by atomic mass is 32.1. The molecule has 6 nitrogen and oxygen atoms in total. The molecule has 0 spiro atoms. The van der Waals surface area contributed by atoms with Gasteiger partial charge in [0, 0.05) is 5.38 Å². The van der Waals surface area contributed by atoms with Crippen molar-refractivity contribution in [1.82, 2.24) is 10.3 Å². The summed E-state index contributed by atoms with van der Waals surface area (Å²) in [5.41, 5.74) is 5.14. The molecule has 1 saturated heterocycles. The van der Waals surface area contributed by atoms with Crippen LogP contribution in [0.15, 0.2) is 5.38 Å². The summed E-state index contributed by atoms with van der Waals surface area (Å²) in [5, 5.41) is 4.43. The number of amides is 2. The first kappa shape index (κ1) is 10.1. The van der Waals surface area contributed by atoms with E-state index in [2.05, 4.69) is 10.3 Å². The molecule has 1 fully saturated rings. The highest BCUT2D eigenvalue weighted by molar-refractivity contribution is 7.11. The van der Waals surface area contributed by atoms with Gasteiger partial charge in [0.25, 0.3) is 11.8 Å². The first-order valence-electron chi connectivity index (χ1n) is 4.31. The van der Waals surface area contributed by atoms with Crippen LogP contribution in [0.4, 0.5) is 0 Å². The molecule has 1 aliphatic heterocycles. The Morgan fingerprint density at radius 1 is 1.60 bits per heavy atom. The van der Waals surface area contributed by atoms with Crippen LogP contribution >= 0.6 is 11.3 Å². The Kier molecular flexibility index (Phi) is 2.65. The lowest BCUT2D eigenvalue weighted by Crippen LogP contribution is -2.48. The molecule has 2 heterocycles. The van der Waals surface area contributed by atoms with Crippen molar-refractivity contribution in [3.05, 3.63) is 16.1 Å². The molecule has 1 aliphatic rings. The van der Waals surface area contributed by atoms with Crippen molar-refractivity contribution in [2.75, 3.05) is 13.2 Å². The predicted molar refractivity (Wildman–Crippen MR) is 52.7 cm³/mol. The number of primary amides is 1. The highest BCUT2D eigenvalue weighted by Gasteiger charge is 2.22. The molecule has 1 aromatic rings. The maximum absolute atomic E-state index is 11.5. The minimum atomic E-state index is -0.628. The lowest BCUT2D eigenvalue weighted by atomic mass is 10.2. The summed E-state index contributed by atoms with van der Waals surface area (Å²) < 4.78 is 4.91.